The SMILES string of the molecule is CC1(CNCC(N)c2ccccc2)CCCCC1. The van der Waals surface area contributed by atoms with Gasteiger partial charge >= 0.3 is 0 Å². The number of rotatable bonds is 5. The van der Waals surface area contributed by atoms with Crippen LogP contribution in [0.3, 0.4) is 0 Å². The van der Waals surface area contributed by atoms with Crippen LogP contribution in [-0.2, 0) is 0 Å². The van der Waals surface area contributed by atoms with Gasteiger partial charge in [0.25, 0.3) is 0 Å². The summed E-state index contributed by atoms with van der Waals surface area (Å²) in [7, 11) is 0. The minimum absolute atomic E-state index is 0.110. The van der Waals surface area contributed by atoms with Crippen LogP contribution in [0.4, 0.5) is 0 Å². The van der Waals surface area contributed by atoms with Crippen molar-refractivity contribution in [2.45, 2.75) is 45.1 Å². The lowest BCUT2D eigenvalue weighted by atomic mass is 9.76. The van der Waals surface area contributed by atoms with Crippen LogP contribution in [0, 0.1) is 5.41 Å². The second-order valence-corrected chi connectivity index (χ2v) is 6.02. The fourth-order valence-corrected chi connectivity index (χ4v) is 2.93. The minimum atomic E-state index is 0.110. The summed E-state index contributed by atoms with van der Waals surface area (Å²) in [5.41, 5.74) is 7.91. The van der Waals surface area contributed by atoms with Gasteiger partial charge in [-0.3, -0.25) is 0 Å². The highest BCUT2D eigenvalue weighted by Gasteiger charge is 2.26. The van der Waals surface area contributed by atoms with E-state index in [1.807, 2.05) is 6.07 Å². The first-order chi connectivity index (χ1) is 8.70. The van der Waals surface area contributed by atoms with E-state index in [0.29, 0.717) is 5.41 Å². The van der Waals surface area contributed by atoms with Gasteiger partial charge in [0.05, 0.1) is 0 Å². The van der Waals surface area contributed by atoms with E-state index in [1.54, 1.807) is 0 Å². The lowest BCUT2D eigenvalue weighted by molar-refractivity contribution is 0.207. The molecule has 2 nitrogen and oxygen atoms in total. The molecule has 2 rings (SSSR count). The first kappa shape index (κ1) is 13.6. The number of hydrogen-bond donors (Lipinski definition) is 2. The van der Waals surface area contributed by atoms with E-state index in [1.165, 1.54) is 37.7 Å². The smallest absolute Gasteiger partial charge is 0.0421 e. The molecular formula is C16H26N2. The predicted octanol–water partition coefficient (Wildman–Crippen LogP) is 3.25. The van der Waals surface area contributed by atoms with Crippen LogP contribution in [-0.4, -0.2) is 13.1 Å². The Hall–Kier alpha value is -0.860. The molecular weight excluding hydrogens is 220 g/mol. The molecule has 0 saturated heterocycles. The van der Waals surface area contributed by atoms with Crippen LogP contribution in [0.2, 0.25) is 0 Å². The van der Waals surface area contributed by atoms with Gasteiger partial charge in [0.1, 0.15) is 0 Å². The van der Waals surface area contributed by atoms with E-state index in [2.05, 4.69) is 36.5 Å². The van der Waals surface area contributed by atoms with Gasteiger partial charge in [-0.15, -0.1) is 0 Å². The first-order valence-corrected chi connectivity index (χ1v) is 7.21. The number of hydrogen-bond acceptors (Lipinski definition) is 2. The van der Waals surface area contributed by atoms with E-state index in [-0.39, 0.29) is 6.04 Å². The topological polar surface area (TPSA) is 38.0 Å². The van der Waals surface area contributed by atoms with Gasteiger partial charge in [-0.25, -0.2) is 0 Å². The van der Waals surface area contributed by atoms with Crippen molar-refractivity contribution in [3.8, 4) is 0 Å². The average molecular weight is 246 g/mol. The molecule has 1 saturated carbocycles. The Morgan fingerprint density at radius 3 is 2.50 bits per heavy atom. The molecule has 0 spiro atoms. The standard InChI is InChI=1S/C16H26N2/c1-16(10-6-3-7-11-16)13-18-12-15(17)14-8-4-2-5-9-14/h2,4-5,8-9,15,18H,3,6-7,10-13,17H2,1H3. The summed E-state index contributed by atoms with van der Waals surface area (Å²) >= 11 is 0. The summed E-state index contributed by atoms with van der Waals surface area (Å²) < 4.78 is 0. The molecule has 0 aromatic heterocycles. The highest BCUT2D eigenvalue weighted by molar-refractivity contribution is 5.18. The summed E-state index contributed by atoms with van der Waals surface area (Å²) in [5.74, 6) is 0. The molecule has 0 radical (unpaired) electrons. The van der Waals surface area contributed by atoms with Gasteiger partial charge in [-0.05, 0) is 23.8 Å². The Morgan fingerprint density at radius 1 is 1.17 bits per heavy atom. The van der Waals surface area contributed by atoms with E-state index in [0.717, 1.165) is 13.1 Å². The normalized spacial score (nSPS) is 20.6. The van der Waals surface area contributed by atoms with E-state index in [9.17, 15) is 0 Å². The first-order valence-electron chi connectivity index (χ1n) is 7.21. The Bertz CT molecular complexity index is 341. The quantitative estimate of drug-likeness (QED) is 0.837. The molecule has 0 heterocycles. The van der Waals surface area contributed by atoms with Crippen molar-refractivity contribution >= 4 is 0 Å². The van der Waals surface area contributed by atoms with Crippen LogP contribution in [0.1, 0.15) is 50.6 Å². The molecule has 1 unspecified atom stereocenters. The Balaban J connectivity index is 1.75. The molecule has 0 aliphatic heterocycles. The molecule has 3 N–H and O–H groups in total. The van der Waals surface area contributed by atoms with Crippen molar-refractivity contribution in [3.63, 3.8) is 0 Å². The van der Waals surface area contributed by atoms with Crippen LogP contribution >= 0.6 is 0 Å². The second kappa shape index (κ2) is 6.35. The summed E-state index contributed by atoms with van der Waals surface area (Å²) in [4.78, 5) is 0. The molecule has 2 heteroatoms. The van der Waals surface area contributed by atoms with Crippen molar-refractivity contribution in [2.24, 2.45) is 11.1 Å². The number of nitrogens with two attached hydrogens (primary N) is 1. The maximum Gasteiger partial charge on any atom is 0.0421 e. The highest BCUT2D eigenvalue weighted by atomic mass is 14.9. The van der Waals surface area contributed by atoms with E-state index < -0.39 is 0 Å². The number of nitrogens with one attached hydrogen (secondary N) is 1. The lowest BCUT2D eigenvalue weighted by Crippen LogP contribution is -2.37. The van der Waals surface area contributed by atoms with Crippen molar-refractivity contribution in [2.75, 3.05) is 13.1 Å². The largest absolute Gasteiger partial charge is 0.323 e. The Kier molecular flexibility index (Phi) is 4.79. The van der Waals surface area contributed by atoms with Gasteiger partial charge in [0.2, 0.25) is 0 Å². The van der Waals surface area contributed by atoms with Crippen LogP contribution in [0.15, 0.2) is 30.3 Å². The summed E-state index contributed by atoms with van der Waals surface area (Å²) in [6.45, 7) is 4.39. The summed E-state index contributed by atoms with van der Waals surface area (Å²) in [5, 5.41) is 3.57. The third-order valence-electron chi connectivity index (χ3n) is 4.20. The zero-order valence-electron chi connectivity index (χ0n) is 11.5. The highest BCUT2D eigenvalue weighted by Crippen LogP contribution is 2.34. The number of benzene rings is 1. The Labute approximate surface area is 111 Å². The van der Waals surface area contributed by atoms with Gasteiger partial charge in [-0.2, -0.15) is 0 Å². The van der Waals surface area contributed by atoms with Crippen molar-refractivity contribution < 1.29 is 0 Å². The van der Waals surface area contributed by atoms with Crippen LogP contribution in [0.25, 0.3) is 0 Å². The fourth-order valence-electron chi connectivity index (χ4n) is 2.93. The molecule has 0 bridgehead atoms. The minimum Gasteiger partial charge on any atom is -0.323 e. The van der Waals surface area contributed by atoms with Gasteiger partial charge in [0.15, 0.2) is 0 Å². The third kappa shape index (κ3) is 3.82. The maximum atomic E-state index is 6.19. The molecule has 1 aromatic rings. The van der Waals surface area contributed by atoms with Crippen molar-refractivity contribution in [1.29, 1.82) is 0 Å². The zero-order valence-corrected chi connectivity index (χ0v) is 11.5. The molecule has 0 amide bonds. The van der Waals surface area contributed by atoms with Crippen LogP contribution in [0.5, 0.6) is 0 Å². The molecule has 18 heavy (non-hydrogen) atoms. The van der Waals surface area contributed by atoms with Gasteiger partial charge in [0, 0.05) is 19.1 Å². The van der Waals surface area contributed by atoms with Gasteiger partial charge < -0.3 is 11.1 Å². The molecule has 1 aromatic carbocycles. The molecule has 1 fully saturated rings. The molecule has 1 atom stereocenters. The van der Waals surface area contributed by atoms with Crippen molar-refractivity contribution in [1.82, 2.24) is 5.32 Å². The van der Waals surface area contributed by atoms with Gasteiger partial charge in [-0.1, -0.05) is 56.5 Å². The maximum absolute atomic E-state index is 6.19. The summed E-state index contributed by atoms with van der Waals surface area (Å²) in [6, 6.07) is 10.5. The second-order valence-electron chi connectivity index (χ2n) is 6.02. The van der Waals surface area contributed by atoms with Crippen molar-refractivity contribution in [3.05, 3.63) is 35.9 Å². The predicted molar refractivity (Wildman–Crippen MR) is 77.4 cm³/mol. The van der Waals surface area contributed by atoms with E-state index in [4.69, 9.17) is 5.73 Å². The average Bonchev–Trinajstić information content (AvgIpc) is 2.40. The molecule has 1 aliphatic rings. The molecule has 100 valence electrons. The van der Waals surface area contributed by atoms with E-state index >= 15 is 0 Å². The monoisotopic (exact) mass is 246 g/mol. The zero-order chi connectivity index (χ0) is 12.8. The fraction of sp³-hybridized carbons (Fsp3) is 0.625. The third-order valence-corrected chi connectivity index (χ3v) is 4.20. The lowest BCUT2D eigenvalue weighted by Gasteiger charge is -2.34. The Morgan fingerprint density at radius 2 is 1.83 bits per heavy atom. The summed E-state index contributed by atoms with van der Waals surface area (Å²) in [6.07, 6.45) is 6.92. The molecule has 1 aliphatic carbocycles. The van der Waals surface area contributed by atoms with Crippen LogP contribution < -0.4 is 11.1 Å².